The van der Waals surface area contributed by atoms with Crippen molar-refractivity contribution in [3.63, 3.8) is 0 Å². The van der Waals surface area contributed by atoms with Crippen LogP contribution >= 0.6 is 0 Å². The van der Waals surface area contributed by atoms with Crippen molar-refractivity contribution in [2.45, 2.75) is 13.0 Å². The summed E-state index contributed by atoms with van der Waals surface area (Å²) in [5.74, 6) is 0. The fourth-order valence-corrected chi connectivity index (χ4v) is 2.73. The third kappa shape index (κ3) is 4.60. The maximum absolute atomic E-state index is 2.28. The van der Waals surface area contributed by atoms with Gasteiger partial charge in [0.05, 0.1) is 0 Å². The van der Waals surface area contributed by atoms with Crippen LogP contribution in [-0.4, -0.2) is 7.05 Å². The van der Waals surface area contributed by atoms with Gasteiger partial charge < -0.3 is 4.90 Å². The van der Waals surface area contributed by atoms with Crippen LogP contribution in [0.2, 0.25) is 0 Å². The van der Waals surface area contributed by atoms with Gasteiger partial charge in [0.15, 0.2) is 0 Å². The van der Waals surface area contributed by atoms with E-state index in [4.69, 9.17) is 0 Å². The summed E-state index contributed by atoms with van der Waals surface area (Å²) in [5.41, 5.74) is 5.15. The van der Waals surface area contributed by atoms with E-state index in [0.29, 0.717) is 0 Å². The zero-order valence-electron chi connectivity index (χ0n) is 14.1. The molecule has 0 bridgehead atoms. The Morgan fingerprint density at radius 1 is 0.708 bits per heavy atom. The standard InChI is InChI=1S/C23H23N/c1-24(19-22-11-6-3-7-12-22)23-17-15-21(16-18-23)14-8-13-20-9-4-2-5-10-20/h2-13,15-18H,14,19H2,1H3/b13-8+. The largest absolute Gasteiger partial charge is 0.370 e. The summed E-state index contributed by atoms with van der Waals surface area (Å²) in [4.78, 5) is 2.28. The first-order valence-corrected chi connectivity index (χ1v) is 8.37. The Morgan fingerprint density at radius 3 is 2.00 bits per heavy atom. The van der Waals surface area contributed by atoms with E-state index in [9.17, 15) is 0 Å². The maximum Gasteiger partial charge on any atom is 0.0426 e. The maximum atomic E-state index is 2.28. The van der Waals surface area contributed by atoms with Gasteiger partial charge in [-0.2, -0.15) is 0 Å². The second-order valence-electron chi connectivity index (χ2n) is 6.03. The van der Waals surface area contributed by atoms with Crippen LogP contribution in [0.1, 0.15) is 16.7 Å². The van der Waals surface area contributed by atoms with Crippen molar-refractivity contribution in [2.24, 2.45) is 0 Å². The van der Waals surface area contributed by atoms with E-state index in [-0.39, 0.29) is 0 Å². The summed E-state index contributed by atoms with van der Waals surface area (Å²) >= 11 is 0. The molecule has 3 rings (SSSR count). The van der Waals surface area contributed by atoms with E-state index < -0.39 is 0 Å². The highest BCUT2D eigenvalue weighted by Crippen LogP contribution is 2.17. The van der Waals surface area contributed by atoms with Crippen LogP contribution in [0.25, 0.3) is 6.08 Å². The summed E-state index contributed by atoms with van der Waals surface area (Å²) in [6, 6.07) is 29.8. The van der Waals surface area contributed by atoms with Crippen molar-refractivity contribution >= 4 is 11.8 Å². The number of nitrogens with zero attached hydrogens (tertiary/aromatic N) is 1. The van der Waals surface area contributed by atoms with Gasteiger partial charge in [0.2, 0.25) is 0 Å². The van der Waals surface area contributed by atoms with Gasteiger partial charge in [-0.15, -0.1) is 0 Å². The second kappa shape index (κ2) is 8.16. The monoisotopic (exact) mass is 313 g/mol. The van der Waals surface area contributed by atoms with Crippen molar-refractivity contribution in [3.05, 3.63) is 108 Å². The molecule has 0 saturated carbocycles. The molecule has 0 aliphatic rings. The van der Waals surface area contributed by atoms with E-state index in [1.807, 2.05) is 6.07 Å². The van der Waals surface area contributed by atoms with Gasteiger partial charge in [-0.05, 0) is 35.2 Å². The second-order valence-corrected chi connectivity index (χ2v) is 6.03. The molecule has 0 heterocycles. The molecule has 0 fully saturated rings. The van der Waals surface area contributed by atoms with Crippen molar-refractivity contribution in [3.8, 4) is 0 Å². The van der Waals surface area contributed by atoms with Gasteiger partial charge >= 0.3 is 0 Å². The molecule has 0 aromatic heterocycles. The molecule has 0 aliphatic carbocycles. The quantitative estimate of drug-likeness (QED) is 0.574. The lowest BCUT2D eigenvalue weighted by Crippen LogP contribution is -2.16. The van der Waals surface area contributed by atoms with E-state index in [2.05, 4.69) is 103 Å². The Morgan fingerprint density at radius 2 is 1.33 bits per heavy atom. The van der Waals surface area contributed by atoms with Crippen LogP contribution in [0, 0.1) is 0 Å². The Balaban J connectivity index is 1.58. The van der Waals surface area contributed by atoms with Gasteiger partial charge in [-0.1, -0.05) is 84.9 Å². The van der Waals surface area contributed by atoms with Crippen LogP contribution in [0.4, 0.5) is 5.69 Å². The molecule has 0 N–H and O–H groups in total. The first-order chi connectivity index (χ1) is 11.8. The predicted molar refractivity (Wildman–Crippen MR) is 104 cm³/mol. The average Bonchev–Trinajstić information content (AvgIpc) is 2.64. The first-order valence-electron chi connectivity index (χ1n) is 8.37. The van der Waals surface area contributed by atoms with Gasteiger partial charge in [0.1, 0.15) is 0 Å². The third-order valence-corrected chi connectivity index (χ3v) is 4.10. The summed E-state index contributed by atoms with van der Waals surface area (Å²) < 4.78 is 0. The van der Waals surface area contributed by atoms with Crippen LogP contribution < -0.4 is 4.90 Å². The van der Waals surface area contributed by atoms with Gasteiger partial charge in [-0.25, -0.2) is 0 Å². The lowest BCUT2D eigenvalue weighted by atomic mass is 10.1. The van der Waals surface area contributed by atoms with Crippen molar-refractivity contribution < 1.29 is 0 Å². The number of anilines is 1. The molecule has 24 heavy (non-hydrogen) atoms. The third-order valence-electron chi connectivity index (χ3n) is 4.10. The van der Waals surface area contributed by atoms with E-state index in [0.717, 1.165) is 13.0 Å². The average molecular weight is 313 g/mol. The molecule has 3 aromatic rings. The van der Waals surface area contributed by atoms with Gasteiger partial charge in [0, 0.05) is 19.3 Å². The first kappa shape index (κ1) is 16.1. The minimum Gasteiger partial charge on any atom is -0.370 e. The molecule has 0 spiro atoms. The summed E-state index contributed by atoms with van der Waals surface area (Å²) in [7, 11) is 2.14. The Bertz CT molecular complexity index is 758. The number of rotatable bonds is 6. The zero-order chi connectivity index (χ0) is 16.6. The minimum absolute atomic E-state index is 0.925. The van der Waals surface area contributed by atoms with E-state index >= 15 is 0 Å². The summed E-state index contributed by atoms with van der Waals surface area (Å²) in [5, 5.41) is 0. The molecule has 1 nitrogen and oxygen atoms in total. The smallest absolute Gasteiger partial charge is 0.0426 e. The Kier molecular flexibility index (Phi) is 5.47. The fourth-order valence-electron chi connectivity index (χ4n) is 2.73. The van der Waals surface area contributed by atoms with Crippen LogP contribution in [-0.2, 0) is 13.0 Å². The molecule has 0 amide bonds. The summed E-state index contributed by atoms with van der Waals surface area (Å²) in [6.07, 6.45) is 5.35. The van der Waals surface area contributed by atoms with Gasteiger partial charge in [0.25, 0.3) is 0 Å². The highest BCUT2D eigenvalue weighted by Gasteiger charge is 2.01. The zero-order valence-corrected chi connectivity index (χ0v) is 14.1. The van der Waals surface area contributed by atoms with E-state index in [1.54, 1.807) is 0 Å². The van der Waals surface area contributed by atoms with Crippen molar-refractivity contribution in [1.82, 2.24) is 0 Å². The number of hydrogen-bond donors (Lipinski definition) is 0. The molecule has 0 saturated heterocycles. The molecule has 0 aliphatic heterocycles. The van der Waals surface area contributed by atoms with E-state index in [1.165, 1.54) is 22.4 Å². The SMILES string of the molecule is CN(Cc1ccccc1)c1ccc(C/C=C/c2ccccc2)cc1. The van der Waals surface area contributed by atoms with Crippen LogP contribution in [0.5, 0.6) is 0 Å². The predicted octanol–water partition coefficient (Wildman–Crippen LogP) is 5.58. The lowest BCUT2D eigenvalue weighted by molar-refractivity contribution is 0.922. The molecule has 1 heteroatoms. The minimum atomic E-state index is 0.925. The van der Waals surface area contributed by atoms with Crippen LogP contribution in [0.15, 0.2) is 91.0 Å². The molecule has 0 atom stereocenters. The normalized spacial score (nSPS) is 10.9. The molecular weight excluding hydrogens is 290 g/mol. The number of allylic oxidation sites excluding steroid dienone is 1. The van der Waals surface area contributed by atoms with Crippen LogP contribution in [0.3, 0.4) is 0 Å². The highest BCUT2D eigenvalue weighted by atomic mass is 15.1. The van der Waals surface area contributed by atoms with Crippen molar-refractivity contribution in [2.75, 3.05) is 11.9 Å². The fraction of sp³-hybridized carbons (Fsp3) is 0.130. The van der Waals surface area contributed by atoms with Crippen molar-refractivity contribution in [1.29, 1.82) is 0 Å². The van der Waals surface area contributed by atoms with Gasteiger partial charge in [-0.3, -0.25) is 0 Å². The summed E-state index contributed by atoms with van der Waals surface area (Å²) in [6.45, 7) is 0.925. The molecule has 0 unspecified atom stereocenters. The molecular formula is C23H23N. The molecule has 3 aromatic carbocycles. The lowest BCUT2D eigenvalue weighted by Gasteiger charge is -2.19. The molecule has 120 valence electrons. The highest BCUT2D eigenvalue weighted by molar-refractivity contribution is 5.51. The number of benzene rings is 3. The Hall–Kier alpha value is -2.80. The number of hydrogen-bond acceptors (Lipinski definition) is 1. The molecule has 0 radical (unpaired) electrons. The Labute approximate surface area is 144 Å². The topological polar surface area (TPSA) is 3.24 Å².